The largest absolute Gasteiger partial charge is 0.396 e. The minimum absolute atomic E-state index is 0.0792. The highest BCUT2D eigenvalue weighted by atomic mass is 16.2. The number of carbonyl (C=O) groups excluding carboxylic acids is 1. The maximum absolute atomic E-state index is 10.6. The average Bonchev–Trinajstić information content (AvgIpc) is 2.17. The van der Waals surface area contributed by atoms with E-state index in [2.05, 4.69) is 5.32 Å². The van der Waals surface area contributed by atoms with Gasteiger partial charge in [-0.3, -0.25) is 4.79 Å². The Labute approximate surface area is 83.8 Å². The van der Waals surface area contributed by atoms with Crippen LogP contribution in [0.4, 0.5) is 0 Å². The van der Waals surface area contributed by atoms with Crippen molar-refractivity contribution >= 4 is 5.91 Å². The van der Waals surface area contributed by atoms with Gasteiger partial charge in [0, 0.05) is 13.5 Å². The number of nitrogens with one attached hydrogen (secondary N) is 1. The number of hydrogen-bond donors (Lipinski definition) is 2. The van der Waals surface area contributed by atoms with Crippen molar-refractivity contribution in [3.63, 3.8) is 0 Å². The van der Waals surface area contributed by atoms with Crippen LogP contribution in [0.15, 0.2) is 24.3 Å². The molecule has 2 N–H and O–H groups in total. The zero-order valence-corrected chi connectivity index (χ0v) is 8.16. The number of carbonyl (C=O) groups is 1. The second-order valence-electron chi connectivity index (χ2n) is 3.06. The highest BCUT2D eigenvalue weighted by Crippen LogP contribution is 2.05. The predicted octanol–water partition coefficient (Wildman–Crippen LogP) is 0.867. The van der Waals surface area contributed by atoms with Gasteiger partial charge in [-0.05, 0) is 17.5 Å². The van der Waals surface area contributed by atoms with Crippen LogP contribution >= 0.6 is 0 Å². The molecular weight excluding hydrogens is 178 g/mol. The van der Waals surface area contributed by atoms with E-state index in [9.17, 15) is 4.79 Å². The minimum Gasteiger partial charge on any atom is -0.396 e. The number of amides is 1. The fraction of sp³-hybridized carbons (Fsp3) is 0.273. The smallest absolute Gasteiger partial charge is 0.217 e. The molecule has 1 aromatic carbocycles. The summed E-state index contributed by atoms with van der Waals surface area (Å²) in [5.74, 6) is -0.0792. The van der Waals surface area contributed by atoms with Crippen molar-refractivity contribution in [3.05, 3.63) is 41.9 Å². The lowest BCUT2D eigenvalue weighted by atomic mass is 10.1. The van der Waals surface area contributed by atoms with Gasteiger partial charge in [0.15, 0.2) is 0 Å². The standard InChI is InChI=1S/C11H14NO2/c1-9(14)12-8-11-4-2-10(3-5-11)6-7-13/h2-5,8,13H,6-7H2,1H3,(H,12,14). The minimum atomic E-state index is -0.0792. The Kier molecular flexibility index (Phi) is 4.13. The quantitative estimate of drug-likeness (QED) is 0.743. The Bertz CT molecular complexity index is 293. The maximum Gasteiger partial charge on any atom is 0.217 e. The molecule has 3 nitrogen and oxygen atoms in total. The van der Waals surface area contributed by atoms with Crippen molar-refractivity contribution in [2.24, 2.45) is 0 Å². The molecule has 0 spiro atoms. The van der Waals surface area contributed by atoms with E-state index in [-0.39, 0.29) is 12.5 Å². The summed E-state index contributed by atoms with van der Waals surface area (Å²) in [7, 11) is 0. The number of aliphatic hydroxyl groups is 1. The Morgan fingerprint density at radius 1 is 1.43 bits per heavy atom. The van der Waals surface area contributed by atoms with Crippen molar-refractivity contribution in [2.45, 2.75) is 13.3 Å². The van der Waals surface area contributed by atoms with E-state index in [0.29, 0.717) is 6.42 Å². The zero-order valence-electron chi connectivity index (χ0n) is 8.16. The summed E-state index contributed by atoms with van der Waals surface area (Å²) < 4.78 is 0. The molecule has 0 aliphatic rings. The fourth-order valence-corrected chi connectivity index (χ4v) is 1.09. The molecule has 0 fully saturated rings. The lowest BCUT2D eigenvalue weighted by Crippen LogP contribution is -2.16. The maximum atomic E-state index is 10.6. The molecular formula is C11H14NO2. The first-order valence-electron chi connectivity index (χ1n) is 4.52. The van der Waals surface area contributed by atoms with Crippen LogP contribution in [0, 0.1) is 6.54 Å². The lowest BCUT2D eigenvalue weighted by Gasteiger charge is -2.02. The number of aliphatic hydroxyl groups excluding tert-OH is 1. The third kappa shape index (κ3) is 3.58. The van der Waals surface area contributed by atoms with Crippen LogP contribution < -0.4 is 5.32 Å². The Morgan fingerprint density at radius 2 is 2.07 bits per heavy atom. The highest BCUT2D eigenvalue weighted by Gasteiger charge is 1.96. The van der Waals surface area contributed by atoms with Crippen molar-refractivity contribution in [2.75, 3.05) is 6.61 Å². The average molecular weight is 192 g/mol. The van der Waals surface area contributed by atoms with Gasteiger partial charge >= 0.3 is 0 Å². The first-order valence-corrected chi connectivity index (χ1v) is 4.52. The summed E-state index contributed by atoms with van der Waals surface area (Å²) in [6.07, 6.45) is 0.667. The molecule has 1 aromatic rings. The summed E-state index contributed by atoms with van der Waals surface area (Å²) in [6.45, 7) is 3.29. The first-order chi connectivity index (χ1) is 6.72. The summed E-state index contributed by atoms with van der Waals surface area (Å²) >= 11 is 0. The van der Waals surface area contributed by atoms with Gasteiger partial charge in [-0.1, -0.05) is 24.3 Å². The van der Waals surface area contributed by atoms with Crippen LogP contribution in [0.1, 0.15) is 18.1 Å². The third-order valence-electron chi connectivity index (χ3n) is 1.82. The number of hydrogen-bond acceptors (Lipinski definition) is 2. The second kappa shape index (κ2) is 5.40. The van der Waals surface area contributed by atoms with Gasteiger partial charge in [-0.25, -0.2) is 0 Å². The van der Waals surface area contributed by atoms with E-state index >= 15 is 0 Å². The van der Waals surface area contributed by atoms with E-state index in [1.807, 2.05) is 24.3 Å². The summed E-state index contributed by atoms with van der Waals surface area (Å²) in [6, 6.07) is 7.68. The van der Waals surface area contributed by atoms with E-state index < -0.39 is 0 Å². The molecule has 1 radical (unpaired) electrons. The highest BCUT2D eigenvalue weighted by molar-refractivity contribution is 5.74. The van der Waals surface area contributed by atoms with E-state index in [0.717, 1.165) is 11.1 Å². The van der Waals surface area contributed by atoms with Crippen molar-refractivity contribution in [1.29, 1.82) is 0 Å². The number of benzene rings is 1. The molecule has 0 aliphatic heterocycles. The van der Waals surface area contributed by atoms with Gasteiger partial charge in [0.05, 0.1) is 6.54 Å². The van der Waals surface area contributed by atoms with Gasteiger partial charge in [0.2, 0.25) is 5.91 Å². The molecule has 75 valence electrons. The molecule has 0 aliphatic carbocycles. The van der Waals surface area contributed by atoms with E-state index in [1.165, 1.54) is 6.92 Å². The number of rotatable bonds is 4. The fourth-order valence-electron chi connectivity index (χ4n) is 1.09. The summed E-state index contributed by atoms with van der Waals surface area (Å²) in [5, 5.41) is 11.3. The molecule has 0 atom stereocenters. The molecule has 0 heterocycles. The molecule has 1 rings (SSSR count). The van der Waals surface area contributed by atoms with E-state index in [4.69, 9.17) is 5.11 Å². The van der Waals surface area contributed by atoms with E-state index in [1.54, 1.807) is 6.54 Å². The van der Waals surface area contributed by atoms with Gasteiger partial charge in [-0.15, -0.1) is 0 Å². The molecule has 0 aromatic heterocycles. The molecule has 1 amide bonds. The Balaban J connectivity index is 2.50. The predicted molar refractivity (Wildman–Crippen MR) is 54.5 cm³/mol. The van der Waals surface area contributed by atoms with Gasteiger partial charge in [0.25, 0.3) is 0 Å². The monoisotopic (exact) mass is 192 g/mol. The molecule has 0 unspecified atom stereocenters. The lowest BCUT2D eigenvalue weighted by molar-refractivity contribution is -0.118. The zero-order chi connectivity index (χ0) is 10.4. The first kappa shape index (κ1) is 10.7. The van der Waals surface area contributed by atoms with Crippen LogP contribution in [-0.2, 0) is 11.2 Å². The summed E-state index contributed by atoms with van der Waals surface area (Å²) in [5.41, 5.74) is 2.04. The molecule has 0 saturated heterocycles. The van der Waals surface area contributed by atoms with Crippen molar-refractivity contribution in [3.8, 4) is 0 Å². The SMILES string of the molecule is CC(=O)N[CH]c1ccc(CCO)cc1. The normalized spacial score (nSPS) is 9.86. The van der Waals surface area contributed by atoms with Crippen molar-refractivity contribution in [1.82, 2.24) is 5.32 Å². The topological polar surface area (TPSA) is 49.3 Å². The third-order valence-corrected chi connectivity index (χ3v) is 1.82. The van der Waals surface area contributed by atoms with Crippen LogP contribution in [0.25, 0.3) is 0 Å². The van der Waals surface area contributed by atoms with Gasteiger partial charge in [0.1, 0.15) is 0 Å². The second-order valence-corrected chi connectivity index (χ2v) is 3.06. The van der Waals surface area contributed by atoms with Crippen LogP contribution in [0.5, 0.6) is 0 Å². The molecule has 0 saturated carbocycles. The Morgan fingerprint density at radius 3 is 2.57 bits per heavy atom. The van der Waals surface area contributed by atoms with Crippen LogP contribution in [-0.4, -0.2) is 17.6 Å². The molecule has 3 heteroatoms. The Hall–Kier alpha value is -1.35. The molecule has 14 heavy (non-hydrogen) atoms. The summed E-state index contributed by atoms with van der Waals surface area (Å²) in [4.78, 5) is 10.6. The van der Waals surface area contributed by atoms with Crippen LogP contribution in [0.2, 0.25) is 0 Å². The van der Waals surface area contributed by atoms with Gasteiger partial charge < -0.3 is 10.4 Å². The van der Waals surface area contributed by atoms with Crippen molar-refractivity contribution < 1.29 is 9.90 Å². The molecule has 0 bridgehead atoms. The van der Waals surface area contributed by atoms with Gasteiger partial charge in [-0.2, -0.15) is 0 Å². The van der Waals surface area contributed by atoms with Crippen LogP contribution in [0.3, 0.4) is 0 Å².